The Balaban J connectivity index is 1.48. The monoisotopic (exact) mass is 775 g/mol. The predicted octanol–water partition coefficient (Wildman–Crippen LogP) is 3.82. The number of alkyl halides is 8. The number of nitrogens with one attached hydrogen (secondary N) is 1. The zero-order chi connectivity index (χ0) is 38.2. The molecule has 2 aromatic heterocycles. The smallest absolute Gasteiger partial charge is 0.433 e. The van der Waals surface area contributed by atoms with Crippen molar-refractivity contribution in [3.63, 3.8) is 0 Å². The van der Waals surface area contributed by atoms with Gasteiger partial charge in [-0.3, -0.25) is 0 Å². The molecule has 1 saturated heterocycles. The minimum atomic E-state index is -6.21. The minimum Gasteiger partial charge on any atom is -0.487 e. The minimum absolute atomic E-state index is 0.0774. The van der Waals surface area contributed by atoms with E-state index in [2.05, 4.69) is 14.7 Å². The van der Waals surface area contributed by atoms with Crippen LogP contribution in [0.3, 0.4) is 0 Å². The Bertz CT molecular complexity index is 1680. The fourth-order valence-corrected chi connectivity index (χ4v) is 6.40. The molecular formula is C30H29F8N3O10S. The van der Waals surface area contributed by atoms with E-state index in [0.717, 1.165) is 12.3 Å². The first-order valence-corrected chi connectivity index (χ1v) is 15.9. The molecule has 3 heterocycles. The van der Waals surface area contributed by atoms with E-state index >= 15 is 0 Å². The molecule has 1 aliphatic heterocycles. The van der Waals surface area contributed by atoms with Gasteiger partial charge in [-0.1, -0.05) is 12.1 Å². The van der Waals surface area contributed by atoms with E-state index in [-0.39, 0.29) is 57.2 Å². The lowest BCUT2D eigenvalue weighted by Gasteiger charge is -2.41. The highest BCUT2D eigenvalue weighted by molar-refractivity contribution is 7.11. The molecule has 2 aliphatic rings. The van der Waals surface area contributed by atoms with Crippen molar-refractivity contribution in [3.05, 3.63) is 63.7 Å². The molecule has 52 heavy (non-hydrogen) atoms. The number of nitrogens with zero attached hydrogens (tertiary/aromatic N) is 2. The average Bonchev–Trinajstić information content (AvgIpc) is 3.74. The van der Waals surface area contributed by atoms with E-state index in [1.54, 1.807) is 0 Å². The summed E-state index contributed by atoms with van der Waals surface area (Å²) in [5.41, 5.74) is -4.87. The van der Waals surface area contributed by atoms with Gasteiger partial charge in [-0.15, -0.1) is 11.3 Å². The normalized spacial score (nSPS) is 23.3. The Morgan fingerprint density at radius 1 is 0.981 bits per heavy atom. The molecule has 6 atom stereocenters. The summed E-state index contributed by atoms with van der Waals surface area (Å²) in [7, 11) is 0. The predicted molar refractivity (Wildman–Crippen MR) is 158 cm³/mol. The Morgan fingerprint density at radius 3 is 2.23 bits per heavy atom. The summed E-state index contributed by atoms with van der Waals surface area (Å²) in [6.07, 6.45) is -18.0. The molecule has 1 saturated carbocycles. The van der Waals surface area contributed by atoms with Gasteiger partial charge in [-0.05, 0) is 42.5 Å². The summed E-state index contributed by atoms with van der Waals surface area (Å²) in [5.74, 6) is -1.91. The largest absolute Gasteiger partial charge is 0.487 e. The molecule has 6 N–H and O–H groups in total. The molecule has 13 nitrogen and oxygen atoms in total. The second-order valence-electron chi connectivity index (χ2n) is 11.7. The number of thiazole rings is 1. The fourth-order valence-electron chi connectivity index (χ4n) is 5.23. The topological polar surface area (TPSA) is 193 Å². The molecule has 22 heteroatoms. The van der Waals surface area contributed by atoms with Crippen molar-refractivity contribution in [2.45, 2.75) is 86.5 Å². The molecule has 0 bridgehead atoms. The Hall–Kier alpha value is -4.09. The number of aliphatic hydroxyl groups excluding tert-OH is 3. The quantitative estimate of drug-likeness (QED) is 0.138. The summed E-state index contributed by atoms with van der Waals surface area (Å²) in [6, 6.07) is 4.63. The van der Waals surface area contributed by atoms with Gasteiger partial charge in [0, 0.05) is 29.3 Å². The van der Waals surface area contributed by atoms with Crippen LogP contribution in [-0.4, -0.2) is 104 Å². The Kier molecular flexibility index (Phi) is 11.4. The SMILES string of the molecule is O=C(O)N[C@H]1[C@H](Oc2ccc(C[C@@H](c3ccc(OC(F)F)c(OC4CC4)c3)c3cnc(C(O)(C(F)(F)F)C(F)(F)F)s3)cn2)O[C@H](CO)[C@@H](O)[C@@H]1O. The van der Waals surface area contributed by atoms with Crippen molar-refractivity contribution in [1.29, 1.82) is 0 Å². The van der Waals surface area contributed by atoms with Crippen LogP contribution >= 0.6 is 11.3 Å². The van der Waals surface area contributed by atoms with Gasteiger partial charge in [0.05, 0.1) is 12.7 Å². The number of pyridine rings is 1. The molecular weight excluding hydrogens is 746 g/mol. The number of amides is 1. The van der Waals surface area contributed by atoms with Crippen LogP contribution in [-0.2, 0) is 16.8 Å². The molecule has 1 aliphatic carbocycles. The maximum absolute atomic E-state index is 13.7. The number of carboxylic acid groups (broad SMARTS) is 1. The fraction of sp³-hybridized carbons (Fsp3) is 0.500. The second kappa shape index (κ2) is 15.1. The third-order valence-electron chi connectivity index (χ3n) is 8.05. The van der Waals surface area contributed by atoms with Gasteiger partial charge in [-0.25, -0.2) is 14.8 Å². The van der Waals surface area contributed by atoms with Crippen molar-refractivity contribution in [2.24, 2.45) is 0 Å². The summed E-state index contributed by atoms with van der Waals surface area (Å²) in [4.78, 5) is 18.5. The van der Waals surface area contributed by atoms with Gasteiger partial charge in [-0.2, -0.15) is 35.1 Å². The molecule has 3 aromatic rings. The summed E-state index contributed by atoms with van der Waals surface area (Å²) < 4.78 is 129. The van der Waals surface area contributed by atoms with Gasteiger partial charge in [0.2, 0.25) is 12.2 Å². The van der Waals surface area contributed by atoms with E-state index in [1.807, 2.05) is 5.32 Å². The lowest BCUT2D eigenvalue weighted by molar-refractivity contribution is -0.376. The van der Waals surface area contributed by atoms with Crippen molar-refractivity contribution in [3.8, 4) is 17.4 Å². The summed E-state index contributed by atoms with van der Waals surface area (Å²) >= 11 is -0.0774. The van der Waals surface area contributed by atoms with Gasteiger partial charge >= 0.3 is 30.7 Å². The van der Waals surface area contributed by atoms with E-state index < -0.39 is 78.8 Å². The Morgan fingerprint density at radius 2 is 1.67 bits per heavy atom. The maximum Gasteiger partial charge on any atom is 0.433 e. The molecule has 1 aromatic carbocycles. The number of halogens is 8. The first-order valence-electron chi connectivity index (χ1n) is 15.1. The van der Waals surface area contributed by atoms with Crippen LogP contribution in [0.4, 0.5) is 39.9 Å². The average molecular weight is 776 g/mol. The molecule has 5 rings (SSSR count). The lowest BCUT2D eigenvalue weighted by Crippen LogP contribution is -2.65. The number of rotatable bonds is 13. The molecule has 0 radical (unpaired) electrons. The lowest BCUT2D eigenvalue weighted by atomic mass is 9.91. The number of hydrogen-bond donors (Lipinski definition) is 6. The standard InChI is InChI=1S/C30H29F8N3O10S/c31-26(32)50-16-5-2-13(8-17(16)48-14-3-4-14)15(19-10-40-25(52-19)28(47,29(33,34)35)30(36,37)38)7-12-1-6-20(39-9-12)51-24-21(41-27(45)46)23(44)22(43)18(11-42)49-24/h1-2,5-6,8-10,14-15,18,21-24,26,41-44,47H,3-4,7,11H2,(H,45,46)/t15-,18+,21+,22+,23+,24-/m0/s1. The third-order valence-corrected chi connectivity index (χ3v) is 9.27. The van der Waals surface area contributed by atoms with E-state index in [1.165, 1.54) is 30.5 Å². The highest BCUT2D eigenvalue weighted by Crippen LogP contribution is 2.52. The maximum atomic E-state index is 13.7. The summed E-state index contributed by atoms with van der Waals surface area (Å²) in [6.45, 7) is -4.03. The van der Waals surface area contributed by atoms with Crippen LogP contribution in [0.2, 0.25) is 0 Å². The molecule has 2 fully saturated rings. The molecule has 1 amide bonds. The number of aliphatic hydroxyl groups is 4. The van der Waals surface area contributed by atoms with Crippen LogP contribution in [0.5, 0.6) is 17.4 Å². The van der Waals surface area contributed by atoms with Crippen molar-refractivity contribution >= 4 is 17.4 Å². The van der Waals surface area contributed by atoms with Crippen LogP contribution in [0.1, 0.15) is 39.8 Å². The Labute approximate surface area is 291 Å². The van der Waals surface area contributed by atoms with Crippen molar-refractivity contribution in [2.75, 3.05) is 6.61 Å². The summed E-state index contributed by atoms with van der Waals surface area (Å²) in [5, 5.41) is 49.4. The second-order valence-corrected chi connectivity index (χ2v) is 12.8. The molecule has 0 unspecified atom stereocenters. The number of aromatic nitrogens is 2. The first-order chi connectivity index (χ1) is 24.3. The highest BCUT2D eigenvalue weighted by atomic mass is 32.1. The third kappa shape index (κ3) is 8.41. The number of hydrogen-bond acceptors (Lipinski definition) is 12. The molecule has 0 spiro atoms. The van der Waals surface area contributed by atoms with E-state index in [0.29, 0.717) is 12.8 Å². The number of ether oxygens (including phenoxy) is 4. The van der Waals surface area contributed by atoms with Crippen LogP contribution < -0.4 is 19.5 Å². The van der Waals surface area contributed by atoms with E-state index in [9.17, 15) is 65.5 Å². The van der Waals surface area contributed by atoms with Crippen LogP contribution in [0.25, 0.3) is 0 Å². The van der Waals surface area contributed by atoms with Gasteiger partial charge in [0.15, 0.2) is 11.5 Å². The number of carbonyl (C=O) groups is 1. The van der Waals surface area contributed by atoms with Crippen molar-refractivity contribution in [1.82, 2.24) is 15.3 Å². The van der Waals surface area contributed by atoms with E-state index in [4.69, 9.17) is 14.2 Å². The highest BCUT2D eigenvalue weighted by Gasteiger charge is 2.73. The van der Waals surface area contributed by atoms with Gasteiger partial charge < -0.3 is 49.8 Å². The van der Waals surface area contributed by atoms with Crippen LogP contribution in [0, 0.1) is 0 Å². The van der Waals surface area contributed by atoms with Crippen molar-refractivity contribution < 1.29 is 84.4 Å². The van der Waals surface area contributed by atoms with Gasteiger partial charge in [0.1, 0.15) is 29.4 Å². The number of benzene rings is 1. The zero-order valence-electron chi connectivity index (χ0n) is 26.1. The molecule has 286 valence electrons. The first kappa shape index (κ1) is 39.1. The van der Waals surface area contributed by atoms with Gasteiger partial charge in [0.25, 0.3) is 0 Å². The van der Waals surface area contributed by atoms with Crippen LogP contribution in [0.15, 0.2) is 42.7 Å². The zero-order valence-corrected chi connectivity index (χ0v) is 26.9.